The maximum atomic E-state index is 14.2. The molecule has 0 aliphatic carbocycles. The van der Waals surface area contributed by atoms with Crippen molar-refractivity contribution in [3.8, 4) is 0 Å². The smallest absolute Gasteiger partial charge is 0.328 e. The zero-order chi connectivity index (χ0) is 35.6. The molecular formula is C41H37N5O5. The van der Waals surface area contributed by atoms with Crippen molar-refractivity contribution in [2.75, 3.05) is 7.11 Å². The van der Waals surface area contributed by atoms with Gasteiger partial charge in [-0.25, -0.2) is 4.79 Å². The van der Waals surface area contributed by atoms with Crippen LogP contribution >= 0.6 is 0 Å². The molecule has 0 unspecified atom stereocenters. The average molecular weight is 680 g/mol. The molecule has 6 rings (SSSR count). The number of methoxy groups -OCH3 is 1. The Morgan fingerprint density at radius 2 is 1.31 bits per heavy atom. The first-order valence-corrected chi connectivity index (χ1v) is 16.5. The second-order valence-corrected chi connectivity index (χ2v) is 12.0. The first-order chi connectivity index (χ1) is 24.9. The van der Waals surface area contributed by atoms with E-state index in [0.29, 0.717) is 0 Å². The quantitative estimate of drug-likeness (QED) is 0.0994. The molecule has 0 fully saturated rings. The molecule has 10 nitrogen and oxygen atoms in total. The minimum atomic E-state index is -1.37. The van der Waals surface area contributed by atoms with Crippen LogP contribution in [0.2, 0.25) is 0 Å². The van der Waals surface area contributed by atoms with E-state index in [0.717, 1.165) is 33.2 Å². The number of hydrogen-bond acceptors (Lipinski definition) is 6. The minimum absolute atomic E-state index is 0.0983. The molecule has 2 aromatic heterocycles. The molecule has 0 saturated heterocycles. The lowest BCUT2D eigenvalue weighted by Gasteiger charge is -2.37. The second kappa shape index (κ2) is 15.8. The van der Waals surface area contributed by atoms with Crippen LogP contribution < -0.4 is 16.0 Å². The Hall–Kier alpha value is -6.55. The maximum Gasteiger partial charge on any atom is 0.328 e. The van der Waals surface area contributed by atoms with Crippen molar-refractivity contribution in [2.24, 2.45) is 0 Å². The average Bonchev–Trinajstić information content (AvgIpc) is 3.60. The summed E-state index contributed by atoms with van der Waals surface area (Å²) in [5.41, 5.74) is 3.17. The number of nitrogens with one attached hydrogen (secondary N) is 4. The Kier molecular flexibility index (Phi) is 10.6. The van der Waals surface area contributed by atoms with Gasteiger partial charge in [0.2, 0.25) is 11.8 Å². The van der Waals surface area contributed by atoms with Crippen LogP contribution in [0.4, 0.5) is 0 Å². The third-order valence-electron chi connectivity index (χ3n) is 8.78. The van der Waals surface area contributed by atoms with Crippen molar-refractivity contribution in [1.82, 2.24) is 25.9 Å². The number of esters is 1. The standard InChI is InChI=1S/C41H37N5O5/c1-51-40(50)36(25-37(47)46-41(30-15-5-2-6-16-30,31-17-7-3-8-18-31)32-19-9-4-10-20-32)45-39(49)35(44-38(48)28-14-13-23-42-26-28)24-29-27-43-34-22-12-11-21-33(29)34/h2-23,26-27,35-36,43H,24-25H2,1H3,(H,44,48)(H,45,49)(H,46,47)/t35-,36-/m0/s1. The van der Waals surface area contributed by atoms with Crippen molar-refractivity contribution in [3.63, 3.8) is 0 Å². The van der Waals surface area contributed by atoms with Gasteiger partial charge in [-0.15, -0.1) is 0 Å². The first kappa shape index (κ1) is 34.3. The van der Waals surface area contributed by atoms with E-state index in [1.165, 1.54) is 13.3 Å². The number of benzene rings is 4. The molecule has 256 valence electrons. The van der Waals surface area contributed by atoms with Gasteiger partial charge in [0.05, 0.1) is 19.1 Å². The van der Waals surface area contributed by atoms with Gasteiger partial charge < -0.3 is 25.7 Å². The number of carbonyl (C=O) groups excluding carboxylic acids is 4. The largest absolute Gasteiger partial charge is 0.467 e. The Morgan fingerprint density at radius 1 is 0.725 bits per heavy atom. The highest BCUT2D eigenvalue weighted by atomic mass is 16.5. The van der Waals surface area contributed by atoms with Gasteiger partial charge in [-0.1, -0.05) is 109 Å². The highest BCUT2D eigenvalue weighted by Crippen LogP contribution is 2.37. The lowest BCUT2D eigenvalue weighted by molar-refractivity contribution is -0.147. The maximum absolute atomic E-state index is 14.2. The highest BCUT2D eigenvalue weighted by molar-refractivity contribution is 5.99. The summed E-state index contributed by atoms with van der Waals surface area (Å²) >= 11 is 0. The van der Waals surface area contributed by atoms with E-state index < -0.39 is 47.7 Å². The number of carbonyl (C=O) groups is 4. The van der Waals surface area contributed by atoms with Gasteiger partial charge in [-0.3, -0.25) is 19.4 Å². The van der Waals surface area contributed by atoms with Crippen LogP contribution in [-0.2, 0) is 31.1 Å². The number of aromatic amines is 1. The number of hydrogen-bond donors (Lipinski definition) is 4. The van der Waals surface area contributed by atoms with Gasteiger partial charge >= 0.3 is 5.97 Å². The lowest BCUT2D eigenvalue weighted by Crippen LogP contribution is -2.55. The number of para-hydroxylation sites is 1. The summed E-state index contributed by atoms with van der Waals surface area (Å²) < 4.78 is 5.06. The van der Waals surface area contributed by atoms with Gasteiger partial charge in [-0.05, 0) is 40.5 Å². The fourth-order valence-corrected chi connectivity index (χ4v) is 6.30. The van der Waals surface area contributed by atoms with Crippen molar-refractivity contribution in [1.29, 1.82) is 0 Å². The molecule has 0 aliphatic rings. The zero-order valence-corrected chi connectivity index (χ0v) is 27.9. The van der Waals surface area contributed by atoms with Crippen LogP contribution in [0, 0.1) is 0 Å². The Morgan fingerprint density at radius 3 is 1.88 bits per heavy atom. The third kappa shape index (κ3) is 7.70. The number of rotatable bonds is 13. The fourth-order valence-electron chi connectivity index (χ4n) is 6.30. The monoisotopic (exact) mass is 679 g/mol. The summed E-state index contributed by atoms with van der Waals surface area (Å²) in [6.45, 7) is 0. The summed E-state index contributed by atoms with van der Waals surface area (Å²) in [4.78, 5) is 61.9. The molecule has 3 amide bonds. The SMILES string of the molecule is COC(=O)[C@H](CC(=O)NC(c1ccccc1)(c1ccccc1)c1ccccc1)NC(=O)[C@H](Cc1c[nH]c2ccccc12)NC(=O)c1cccnc1. The molecule has 0 saturated carbocycles. The van der Waals surface area contributed by atoms with Crippen LogP contribution in [-0.4, -0.2) is 52.9 Å². The summed E-state index contributed by atoms with van der Waals surface area (Å²) in [5, 5.41) is 9.61. The molecule has 10 heteroatoms. The number of nitrogens with zero attached hydrogens (tertiary/aromatic N) is 1. The first-order valence-electron chi connectivity index (χ1n) is 16.5. The Bertz CT molecular complexity index is 2010. The number of fused-ring (bicyclic) bond motifs is 1. The number of amides is 3. The van der Waals surface area contributed by atoms with Crippen LogP contribution in [0.15, 0.2) is 146 Å². The Balaban J connectivity index is 1.30. The van der Waals surface area contributed by atoms with Gasteiger partial charge in [0.1, 0.15) is 17.6 Å². The second-order valence-electron chi connectivity index (χ2n) is 12.0. The van der Waals surface area contributed by atoms with E-state index in [1.54, 1.807) is 24.5 Å². The fraction of sp³-hybridized carbons (Fsp3) is 0.146. The topological polar surface area (TPSA) is 142 Å². The normalized spacial score (nSPS) is 12.3. The minimum Gasteiger partial charge on any atom is -0.467 e. The van der Waals surface area contributed by atoms with Crippen LogP contribution in [0.3, 0.4) is 0 Å². The van der Waals surface area contributed by atoms with Crippen molar-refractivity contribution in [2.45, 2.75) is 30.5 Å². The zero-order valence-electron chi connectivity index (χ0n) is 27.9. The number of pyridine rings is 1. The number of aromatic nitrogens is 2. The summed E-state index contributed by atoms with van der Waals surface area (Å²) in [7, 11) is 1.19. The number of ether oxygens (including phenoxy) is 1. The summed E-state index contributed by atoms with van der Waals surface area (Å²) in [5.74, 6) is -2.52. The number of H-pyrrole nitrogens is 1. The van der Waals surface area contributed by atoms with Gasteiger partial charge in [0.15, 0.2) is 0 Å². The van der Waals surface area contributed by atoms with Crippen LogP contribution in [0.25, 0.3) is 10.9 Å². The molecule has 2 heterocycles. The van der Waals surface area contributed by atoms with Gasteiger partial charge in [-0.2, -0.15) is 0 Å². The molecule has 4 aromatic carbocycles. The molecule has 0 bridgehead atoms. The predicted molar refractivity (Wildman–Crippen MR) is 193 cm³/mol. The Labute approximate surface area is 295 Å². The van der Waals surface area contributed by atoms with Crippen molar-refractivity contribution >= 4 is 34.6 Å². The van der Waals surface area contributed by atoms with E-state index in [4.69, 9.17) is 4.74 Å². The molecular weight excluding hydrogens is 642 g/mol. The van der Waals surface area contributed by atoms with Crippen LogP contribution in [0.1, 0.15) is 39.0 Å². The molecule has 51 heavy (non-hydrogen) atoms. The molecule has 0 radical (unpaired) electrons. The molecule has 4 N–H and O–H groups in total. The van der Waals surface area contributed by atoms with E-state index in [9.17, 15) is 19.2 Å². The van der Waals surface area contributed by atoms with Crippen LogP contribution in [0.5, 0.6) is 0 Å². The summed E-state index contributed by atoms with van der Waals surface area (Å²) in [6, 6.07) is 37.0. The van der Waals surface area contributed by atoms with Crippen molar-refractivity contribution < 1.29 is 23.9 Å². The van der Waals surface area contributed by atoms with E-state index in [1.807, 2.05) is 115 Å². The van der Waals surface area contributed by atoms with E-state index in [2.05, 4.69) is 25.9 Å². The van der Waals surface area contributed by atoms with E-state index >= 15 is 0 Å². The summed E-state index contributed by atoms with van der Waals surface area (Å²) in [6.07, 6.45) is 4.38. The van der Waals surface area contributed by atoms with E-state index in [-0.39, 0.29) is 12.0 Å². The van der Waals surface area contributed by atoms with Gasteiger partial charge in [0, 0.05) is 35.9 Å². The third-order valence-corrected chi connectivity index (χ3v) is 8.78. The van der Waals surface area contributed by atoms with Crippen molar-refractivity contribution in [3.05, 3.63) is 174 Å². The predicted octanol–water partition coefficient (Wildman–Crippen LogP) is 5.06. The lowest BCUT2D eigenvalue weighted by atomic mass is 9.77. The highest BCUT2D eigenvalue weighted by Gasteiger charge is 2.39. The molecule has 6 aromatic rings. The molecule has 0 spiro atoms. The van der Waals surface area contributed by atoms with Gasteiger partial charge in [0.25, 0.3) is 5.91 Å². The molecule has 2 atom stereocenters. The molecule has 0 aliphatic heterocycles.